The molecule has 5 heteroatoms. The van der Waals surface area contributed by atoms with Crippen molar-refractivity contribution in [2.75, 3.05) is 13.2 Å². The van der Waals surface area contributed by atoms with E-state index >= 15 is 0 Å². The molecule has 0 amide bonds. The van der Waals surface area contributed by atoms with Gasteiger partial charge >= 0.3 is 0 Å². The number of aromatic nitrogens is 3. The van der Waals surface area contributed by atoms with Gasteiger partial charge in [-0.2, -0.15) is 0 Å². The van der Waals surface area contributed by atoms with Crippen molar-refractivity contribution in [3.05, 3.63) is 11.6 Å². The van der Waals surface area contributed by atoms with E-state index in [1.807, 2.05) is 0 Å². The molecule has 5 nitrogen and oxygen atoms in total. The maximum atomic E-state index is 9.59. The van der Waals surface area contributed by atoms with Crippen LogP contribution in [0.2, 0.25) is 0 Å². The Bertz CT molecular complexity index is 385. The second kappa shape index (κ2) is 4.74. The van der Waals surface area contributed by atoms with Gasteiger partial charge in [-0.25, -0.2) is 0 Å². The SMILES string of the molecule is OC1CCn2c(nnc2CC2CCCOC2)C1. The Hall–Kier alpha value is -0.940. The van der Waals surface area contributed by atoms with Gasteiger partial charge in [0.25, 0.3) is 0 Å². The standard InChI is InChI=1S/C12H19N3O2/c16-10-3-4-15-11(13-14-12(15)7-10)6-9-2-1-5-17-8-9/h9-10,16H,1-8H2. The number of nitrogens with zero attached hydrogens (tertiary/aromatic N) is 3. The summed E-state index contributed by atoms with van der Waals surface area (Å²) in [6, 6.07) is 0. The second-order valence-corrected chi connectivity index (χ2v) is 5.12. The molecule has 17 heavy (non-hydrogen) atoms. The molecule has 94 valence electrons. The lowest BCUT2D eigenvalue weighted by Gasteiger charge is -2.23. The van der Waals surface area contributed by atoms with Crippen molar-refractivity contribution < 1.29 is 9.84 Å². The molecule has 0 aliphatic carbocycles. The predicted octanol–water partition coefficient (Wildman–Crippen LogP) is 0.554. The van der Waals surface area contributed by atoms with Gasteiger partial charge in [0, 0.05) is 32.6 Å². The lowest BCUT2D eigenvalue weighted by molar-refractivity contribution is 0.0537. The van der Waals surface area contributed by atoms with E-state index in [4.69, 9.17) is 4.74 Å². The number of hydrogen-bond acceptors (Lipinski definition) is 4. The first-order valence-electron chi connectivity index (χ1n) is 6.49. The van der Waals surface area contributed by atoms with Crippen molar-refractivity contribution in [3.63, 3.8) is 0 Å². The average molecular weight is 237 g/mol. The van der Waals surface area contributed by atoms with E-state index in [1.54, 1.807) is 0 Å². The lowest BCUT2D eigenvalue weighted by Crippen LogP contribution is -2.26. The van der Waals surface area contributed by atoms with E-state index in [1.165, 1.54) is 6.42 Å². The largest absolute Gasteiger partial charge is 0.393 e. The van der Waals surface area contributed by atoms with E-state index in [2.05, 4.69) is 14.8 Å². The van der Waals surface area contributed by atoms with Gasteiger partial charge in [0.15, 0.2) is 0 Å². The third-order valence-electron chi connectivity index (χ3n) is 3.73. The Labute approximate surface area is 101 Å². The normalized spacial score (nSPS) is 29.0. The molecule has 0 radical (unpaired) electrons. The van der Waals surface area contributed by atoms with Crippen LogP contribution in [0.1, 0.15) is 30.9 Å². The quantitative estimate of drug-likeness (QED) is 0.816. The summed E-state index contributed by atoms with van der Waals surface area (Å²) in [6.45, 7) is 2.61. The van der Waals surface area contributed by atoms with Crippen LogP contribution in [-0.4, -0.2) is 39.2 Å². The van der Waals surface area contributed by atoms with Gasteiger partial charge in [-0.1, -0.05) is 0 Å². The molecule has 2 aliphatic heterocycles. The molecule has 0 aromatic carbocycles. The monoisotopic (exact) mass is 237 g/mol. The number of hydrogen-bond donors (Lipinski definition) is 1. The average Bonchev–Trinajstić information content (AvgIpc) is 2.73. The number of rotatable bonds is 2. The smallest absolute Gasteiger partial charge is 0.135 e. The minimum atomic E-state index is -0.238. The van der Waals surface area contributed by atoms with Crippen LogP contribution >= 0.6 is 0 Å². The molecule has 3 rings (SSSR count). The van der Waals surface area contributed by atoms with Gasteiger partial charge in [0.1, 0.15) is 11.6 Å². The van der Waals surface area contributed by atoms with Gasteiger partial charge in [0.05, 0.1) is 6.10 Å². The summed E-state index contributed by atoms with van der Waals surface area (Å²) in [6.07, 6.45) is 4.57. The summed E-state index contributed by atoms with van der Waals surface area (Å²) < 4.78 is 7.68. The molecule has 1 N–H and O–H groups in total. The van der Waals surface area contributed by atoms with Gasteiger partial charge in [-0.15, -0.1) is 10.2 Å². The highest BCUT2D eigenvalue weighted by Crippen LogP contribution is 2.21. The minimum Gasteiger partial charge on any atom is -0.393 e. The van der Waals surface area contributed by atoms with Crippen LogP contribution < -0.4 is 0 Å². The zero-order valence-corrected chi connectivity index (χ0v) is 10.0. The molecular formula is C12H19N3O2. The van der Waals surface area contributed by atoms with Gasteiger partial charge < -0.3 is 14.4 Å². The second-order valence-electron chi connectivity index (χ2n) is 5.12. The number of aliphatic hydroxyl groups is 1. The van der Waals surface area contributed by atoms with Crippen LogP contribution in [0.25, 0.3) is 0 Å². The maximum absolute atomic E-state index is 9.59. The van der Waals surface area contributed by atoms with Crippen molar-refractivity contribution in [1.82, 2.24) is 14.8 Å². The summed E-state index contributed by atoms with van der Waals surface area (Å²) in [5.41, 5.74) is 0. The highest BCUT2D eigenvalue weighted by molar-refractivity contribution is 5.01. The van der Waals surface area contributed by atoms with Crippen LogP contribution in [0, 0.1) is 5.92 Å². The highest BCUT2D eigenvalue weighted by atomic mass is 16.5. The molecule has 2 aliphatic rings. The third-order valence-corrected chi connectivity index (χ3v) is 3.73. The summed E-state index contributed by atoms with van der Waals surface area (Å²) in [7, 11) is 0. The van der Waals surface area contributed by atoms with Gasteiger partial charge in [-0.3, -0.25) is 0 Å². The first kappa shape index (κ1) is 11.2. The van der Waals surface area contributed by atoms with Crippen molar-refractivity contribution in [2.45, 2.75) is 44.8 Å². The lowest BCUT2D eigenvalue weighted by atomic mass is 9.98. The van der Waals surface area contributed by atoms with E-state index < -0.39 is 0 Å². The van der Waals surface area contributed by atoms with Crippen LogP contribution in [0.15, 0.2) is 0 Å². The van der Waals surface area contributed by atoms with E-state index in [9.17, 15) is 5.11 Å². The minimum absolute atomic E-state index is 0.238. The van der Waals surface area contributed by atoms with Crippen molar-refractivity contribution >= 4 is 0 Å². The molecule has 0 bridgehead atoms. The Morgan fingerprint density at radius 2 is 2.29 bits per heavy atom. The zero-order chi connectivity index (χ0) is 11.7. The first-order chi connectivity index (χ1) is 8.33. The zero-order valence-electron chi connectivity index (χ0n) is 10.0. The third kappa shape index (κ3) is 2.35. The molecule has 2 atom stereocenters. The van der Waals surface area contributed by atoms with E-state index in [0.717, 1.165) is 50.7 Å². The van der Waals surface area contributed by atoms with E-state index in [-0.39, 0.29) is 6.10 Å². The molecule has 0 spiro atoms. The molecule has 1 aromatic rings. The van der Waals surface area contributed by atoms with Crippen molar-refractivity contribution in [2.24, 2.45) is 5.92 Å². The Balaban J connectivity index is 1.71. The fourth-order valence-corrected chi connectivity index (χ4v) is 2.75. The Morgan fingerprint density at radius 1 is 1.35 bits per heavy atom. The van der Waals surface area contributed by atoms with E-state index in [0.29, 0.717) is 12.3 Å². The van der Waals surface area contributed by atoms with Crippen LogP contribution in [-0.2, 0) is 24.1 Å². The molecule has 0 saturated carbocycles. The Morgan fingerprint density at radius 3 is 3.12 bits per heavy atom. The van der Waals surface area contributed by atoms with Crippen molar-refractivity contribution in [3.8, 4) is 0 Å². The molecule has 1 fully saturated rings. The van der Waals surface area contributed by atoms with Crippen LogP contribution in [0.5, 0.6) is 0 Å². The number of ether oxygens (including phenoxy) is 1. The van der Waals surface area contributed by atoms with Crippen LogP contribution in [0.4, 0.5) is 0 Å². The molecular weight excluding hydrogens is 218 g/mol. The highest BCUT2D eigenvalue weighted by Gasteiger charge is 2.23. The van der Waals surface area contributed by atoms with Crippen LogP contribution in [0.3, 0.4) is 0 Å². The fraction of sp³-hybridized carbons (Fsp3) is 0.833. The molecule has 1 aromatic heterocycles. The topological polar surface area (TPSA) is 60.2 Å². The number of aliphatic hydroxyl groups excluding tert-OH is 1. The summed E-state index contributed by atoms with van der Waals surface area (Å²) in [5, 5.41) is 18.0. The summed E-state index contributed by atoms with van der Waals surface area (Å²) in [4.78, 5) is 0. The van der Waals surface area contributed by atoms with Crippen molar-refractivity contribution in [1.29, 1.82) is 0 Å². The fourth-order valence-electron chi connectivity index (χ4n) is 2.75. The molecule has 2 unspecified atom stereocenters. The van der Waals surface area contributed by atoms with Gasteiger partial charge in [0.2, 0.25) is 0 Å². The Kier molecular flexibility index (Phi) is 3.11. The maximum Gasteiger partial charge on any atom is 0.135 e. The number of fused-ring (bicyclic) bond motifs is 1. The van der Waals surface area contributed by atoms with Gasteiger partial charge in [-0.05, 0) is 25.2 Å². The summed E-state index contributed by atoms with van der Waals surface area (Å²) in [5.74, 6) is 2.60. The predicted molar refractivity (Wildman–Crippen MR) is 61.6 cm³/mol. The molecule has 1 saturated heterocycles. The summed E-state index contributed by atoms with van der Waals surface area (Å²) >= 11 is 0. The first-order valence-corrected chi connectivity index (χ1v) is 6.49. The molecule has 3 heterocycles.